The van der Waals surface area contributed by atoms with Crippen LogP contribution >= 0.6 is 11.6 Å². The number of rotatable bonds is 4. The molecule has 0 aliphatic rings. The molecule has 7 heteroatoms. The Hall–Kier alpha value is -1.92. The van der Waals surface area contributed by atoms with E-state index in [2.05, 4.69) is 4.98 Å². The minimum Gasteiger partial charge on any atom is -0.471 e. The number of hydrogen-bond acceptors (Lipinski definition) is 4. The molecule has 0 aliphatic carbocycles. The summed E-state index contributed by atoms with van der Waals surface area (Å²) in [5, 5.41) is 0.587. The highest BCUT2D eigenvalue weighted by Crippen LogP contribution is 2.21. The van der Waals surface area contributed by atoms with Gasteiger partial charge in [0.1, 0.15) is 6.61 Å². The molecule has 0 fully saturated rings. The average molecular weight is 286 g/mol. The smallest absolute Gasteiger partial charge is 0.252 e. The second-order valence-corrected chi connectivity index (χ2v) is 4.10. The Labute approximate surface area is 113 Å². The van der Waals surface area contributed by atoms with Gasteiger partial charge in [0.05, 0.1) is 0 Å². The summed E-state index contributed by atoms with van der Waals surface area (Å²) < 4.78 is 31.7. The lowest BCUT2D eigenvalue weighted by molar-refractivity contribution is 0.276. The highest BCUT2D eigenvalue weighted by Gasteiger charge is 2.12. The summed E-state index contributed by atoms with van der Waals surface area (Å²) in [6.45, 7) is 0.0801. The van der Waals surface area contributed by atoms with E-state index in [1.165, 1.54) is 0 Å². The normalized spacial score (nSPS) is 10.3. The number of nitrogens with zero attached hydrogens (tertiary/aromatic N) is 1. The maximum atomic E-state index is 13.4. The van der Waals surface area contributed by atoms with E-state index in [1.807, 2.05) is 5.43 Å². The summed E-state index contributed by atoms with van der Waals surface area (Å²) in [5.41, 5.74) is 2.79. The number of nitrogen functional groups attached to an aromatic ring is 1. The fourth-order valence-corrected chi connectivity index (χ4v) is 1.51. The van der Waals surface area contributed by atoms with Crippen LogP contribution in [-0.2, 0) is 6.61 Å². The van der Waals surface area contributed by atoms with Crippen molar-refractivity contribution in [3.8, 4) is 5.88 Å². The number of aromatic nitrogens is 1. The van der Waals surface area contributed by atoms with Crippen molar-refractivity contribution in [1.82, 2.24) is 4.98 Å². The summed E-state index contributed by atoms with van der Waals surface area (Å²) in [6.07, 6.45) is 0. The molecule has 0 spiro atoms. The molecule has 0 atom stereocenters. The molecule has 100 valence electrons. The van der Waals surface area contributed by atoms with Gasteiger partial charge in [-0.1, -0.05) is 23.7 Å². The van der Waals surface area contributed by atoms with E-state index in [4.69, 9.17) is 22.2 Å². The zero-order chi connectivity index (χ0) is 13.8. The van der Waals surface area contributed by atoms with Crippen LogP contribution in [0.1, 0.15) is 5.56 Å². The molecule has 0 saturated heterocycles. The maximum absolute atomic E-state index is 13.4. The van der Waals surface area contributed by atoms with Gasteiger partial charge in [0.2, 0.25) is 0 Å². The molecular formula is C12H10ClF2N3O. The molecule has 19 heavy (non-hydrogen) atoms. The molecule has 3 N–H and O–H groups in total. The summed E-state index contributed by atoms with van der Waals surface area (Å²) in [4.78, 5) is 3.59. The molecule has 2 rings (SSSR count). The first-order chi connectivity index (χ1) is 9.10. The van der Waals surface area contributed by atoms with E-state index in [1.54, 1.807) is 24.3 Å². The number of anilines is 1. The Balaban J connectivity index is 2.13. The van der Waals surface area contributed by atoms with E-state index in [0.29, 0.717) is 11.1 Å². The summed E-state index contributed by atoms with van der Waals surface area (Å²) in [6, 6.07) is 7.47. The Bertz CT molecular complexity index is 578. The highest BCUT2D eigenvalue weighted by atomic mass is 35.5. The second-order valence-electron chi connectivity index (χ2n) is 3.67. The number of benzene rings is 1. The van der Waals surface area contributed by atoms with Crippen LogP contribution in [0.2, 0.25) is 5.02 Å². The standard InChI is InChI=1S/C12H10ClF2N3O/c13-8-3-1-7(2-4-8)6-19-12-10(15)5-9(14)11(17-12)18-16/h1-5H,6,16H2,(H,17,18). The molecule has 4 nitrogen and oxygen atoms in total. The lowest BCUT2D eigenvalue weighted by Crippen LogP contribution is -2.12. The van der Waals surface area contributed by atoms with Gasteiger partial charge < -0.3 is 10.2 Å². The van der Waals surface area contributed by atoms with Gasteiger partial charge in [0.25, 0.3) is 5.88 Å². The van der Waals surface area contributed by atoms with Crippen LogP contribution in [0.3, 0.4) is 0 Å². The molecule has 2 aromatic rings. The van der Waals surface area contributed by atoms with Crippen molar-refractivity contribution in [1.29, 1.82) is 0 Å². The van der Waals surface area contributed by atoms with Gasteiger partial charge in [0, 0.05) is 11.1 Å². The lowest BCUT2D eigenvalue weighted by Gasteiger charge is -2.08. The molecular weight excluding hydrogens is 276 g/mol. The number of hydrogen-bond donors (Lipinski definition) is 2. The minimum atomic E-state index is -0.898. The molecule has 0 amide bonds. The van der Waals surface area contributed by atoms with Crippen LogP contribution in [0.4, 0.5) is 14.6 Å². The number of nitrogens with two attached hydrogens (primary N) is 1. The summed E-state index contributed by atoms with van der Waals surface area (Å²) in [7, 11) is 0. The number of ether oxygens (including phenoxy) is 1. The Morgan fingerprint density at radius 3 is 2.53 bits per heavy atom. The van der Waals surface area contributed by atoms with Crippen LogP contribution in [0, 0.1) is 11.6 Å². The topological polar surface area (TPSA) is 60.2 Å². The van der Waals surface area contributed by atoms with E-state index in [0.717, 1.165) is 5.56 Å². The van der Waals surface area contributed by atoms with Crippen LogP contribution in [0.25, 0.3) is 0 Å². The Kier molecular flexibility index (Phi) is 4.13. The lowest BCUT2D eigenvalue weighted by atomic mass is 10.2. The predicted molar refractivity (Wildman–Crippen MR) is 67.7 cm³/mol. The third-order valence-electron chi connectivity index (χ3n) is 2.32. The number of nitrogens with one attached hydrogen (secondary N) is 1. The molecule has 1 heterocycles. The number of pyridine rings is 1. The van der Waals surface area contributed by atoms with E-state index < -0.39 is 11.6 Å². The zero-order valence-corrected chi connectivity index (χ0v) is 10.4. The van der Waals surface area contributed by atoms with Gasteiger partial charge in [-0.15, -0.1) is 0 Å². The van der Waals surface area contributed by atoms with Crippen molar-refractivity contribution in [3.63, 3.8) is 0 Å². The van der Waals surface area contributed by atoms with Crippen molar-refractivity contribution >= 4 is 17.4 Å². The zero-order valence-electron chi connectivity index (χ0n) is 9.66. The SMILES string of the molecule is NNc1nc(OCc2ccc(Cl)cc2)c(F)cc1F. The van der Waals surface area contributed by atoms with Crippen molar-refractivity contribution in [2.45, 2.75) is 6.61 Å². The molecule has 1 aromatic carbocycles. The first kappa shape index (κ1) is 13.5. The highest BCUT2D eigenvalue weighted by molar-refractivity contribution is 6.30. The second kappa shape index (κ2) is 5.81. The van der Waals surface area contributed by atoms with Crippen molar-refractivity contribution in [3.05, 3.63) is 52.6 Å². The fourth-order valence-electron chi connectivity index (χ4n) is 1.38. The maximum Gasteiger partial charge on any atom is 0.252 e. The number of halogens is 3. The quantitative estimate of drug-likeness (QED) is 0.670. The van der Waals surface area contributed by atoms with Gasteiger partial charge in [0.15, 0.2) is 17.5 Å². The monoisotopic (exact) mass is 285 g/mol. The van der Waals surface area contributed by atoms with Gasteiger partial charge in [-0.3, -0.25) is 0 Å². The first-order valence-electron chi connectivity index (χ1n) is 5.30. The van der Waals surface area contributed by atoms with E-state index in [-0.39, 0.29) is 18.3 Å². The molecule has 0 radical (unpaired) electrons. The third-order valence-corrected chi connectivity index (χ3v) is 2.57. The van der Waals surface area contributed by atoms with Gasteiger partial charge in [-0.05, 0) is 17.7 Å². The fraction of sp³-hybridized carbons (Fsp3) is 0.0833. The van der Waals surface area contributed by atoms with Crippen LogP contribution in [-0.4, -0.2) is 4.98 Å². The summed E-state index contributed by atoms with van der Waals surface area (Å²) >= 11 is 5.73. The Morgan fingerprint density at radius 1 is 1.21 bits per heavy atom. The van der Waals surface area contributed by atoms with E-state index >= 15 is 0 Å². The minimum absolute atomic E-state index is 0.0801. The van der Waals surface area contributed by atoms with Crippen LogP contribution < -0.4 is 16.0 Å². The first-order valence-corrected chi connectivity index (χ1v) is 5.68. The van der Waals surface area contributed by atoms with Gasteiger partial charge >= 0.3 is 0 Å². The predicted octanol–water partition coefficient (Wildman–Crippen LogP) is 2.88. The largest absolute Gasteiger partial charge is 0.471 e. The Morgan fingerprint density at radius 2 is 1.89 bits per heavy atom. The average Bonchev–Trinajstić information content (AvgIpc) is 2.40. The third kappa shape index (κ3) is 3.30. The number of hydrazine groups is 1. The summed E-state index contributed by atoms with van der Waals surface area (Å²) in [5.74, 6) is 2.65. The van der Waals surface area contributed by atoms with Crippen molar-refractivity contribution in [2.24, 2.45) is 5.84 Å². The molecule has 0 aliphatic heterocycles. The van der Waals surface area contributed by atoms with Crippen molar-refractivity contribution < 1.29 is 13.5 Å². The van der Waals surface area contributed by atoms with Crippen LogP contribution in [0.5, 0.6) is 5.88 Å². The van der Waals surface area contributed by atoms with Gasteiger partial charge in [-0.25, -0.2) is 14.6 Å². The van der Waals surface area contributed by atoms with Crippen LogP contribution in [0.15, 0.2) is 30.3 Å². The van der Waals surface area contributed by atoms with E-state index in [9.17, 15) is 8.78 Å². The molecule has 0 unspecified atom stereocenters. The van der Waals surface area contributed by atoms with Gasteiger partial charge in [-0.2, -0.15) is 4.98 Å². The molecule has 1 aromatic heterocycles. The molecule has 0 saturated carbocycles. The van der Waals surface area contributed by atoms with Crippen molar-refractivity contribution in [2.75, 3.05) is 5.43 Å². The molecule has 0 bridgehead atoms.